The number of alkyl halides is 3. The zero-order chi connectivity index (χ0) is 19.7. The van der Waals surface area contributed by atoms with Crippen molar-refractivity contribution < 1.29 is 27.8 Å². The van der Waals surface area contributed by atoms with Crippen LogP contribution in [0.1, 0.15) is 35.6 Å². The highest BCUT2D eigenvalue weighted by Crippen LogP contribution is 2.41. The molecule has 0 spiro atoms. The fourth-order valence-electron chi connectivity index (χ4n) is 2.83. The predicted octanol–water partition coefficient (Wildman–Crippen LogP) is 3.03. The van der Waals surface area contributed by atoms with Gasteiger partial charge in [0.2, 0.25) is 0 Å². The monoisotopic (exact) mass is 380 g/mol. The Morgan fingerprint density at radius 3 is 2.52 bits per heavy atom. The molecule has 2 N–H and O–H groups in total. The Hall–Kier alpha value is -2.61. The number of carbonyl (C=O) groups excluding carboxylic acids is 1. The lowest BCUT2D eigenvalue weighted by Gasteiger charge is -2.29. The van der Waals surface area contributed by atoms with Gasteiger partial charge in [-0.05, 0) is 18.9 Å². The zero-order valence-corrected chi connectivity index (χ0v) is 14.6. The number of hydrogen-bond acceptors (Lipinski definition) is 4. The van der Waals surface area contributed by atoms with E-state index in [-0.39, 0.29) is 6.54 Å². The molecule has 1 aromatic carbocycles. The summed E-state index contributed by atoms with van der Waals surface area (Å²) in [5.74, 6) is -0.857. The number of nitrogens with one attached hydrogen (secondary N) is 1. The van der Waals surface area contributed by atoms with Crippen LogP contribution in [0.3, 0.4) is 0 Å². The van der Waals surface area contributed by atoms with Gasteiger partial charge in [-0.25, -0.2) is 0 Å². The Bertz CT molecular complexity index is 823. The topological polar surface area (TPSA) is 71.5 Å². The summed E-state index contributed by atoms with van der Waals surface area (Å²) in [6.07, 6.45) is -1.68. The molecule has 1 unspecified atom stereocenters. The molecular weight excluding hydrogens is 361 g/mol. The Morgan fingerprint density at radius 1 is 1.30 bits per heavy atom. The summed E-state index contributed by atoms with van der Waals surface area (Å²) < 4.78 is 45.8. The molecular formula is C19H19F3N2O3. The highest BCUT2D eigenvalue weighted by molar-refractivity contribution is 5.87. The molecule has 1 aliphatic carbocycles. The molecule has 0 aliphatic heterocycles. The second kappa shape index (κ2) is 7.19. The van der Waals surface area contributed by atoms with Crippen LogP contribution in [0, 0.1) is 0 Å². The van der Waals surface area contributed by atoms with E-state index in [1.165, 1.54) is 31.5 Å². The summed E-state index contributed by atoms with van der Waals surface area (Å²) >= 11 is 0. The number of aromatic nitrogens is 1. The smallest absolute Gasteiger partial charge is 0.430 e. The molecule has 1 amide bonds. The summed E-state index contributed by atoms with van der Waals surface area (Å²) in [7, 11) is 1.41. The highest BCUT2D eigenvalue weighted by Gasteiger charge is 2.60. The second-order valence-corrected chi connectivity index (χ2v) is 6.45. The molecule has 0 saturated heterocycles. The standard InChI is InChI=1S/C19H19F3N2O3/c1-27-16-11-23-15(12-7-8-12)9-13(16)10-24-17(25)18(26,19(20,21)22)14-5-3-2-4-6-14/h2-6,9,11-12,26H,7-8,10H2,1H3,(H,24,25). The summed E-state index contributed by atoms with van der Waals surface area (Å²) in [4.78, 5) is 16.6. The van der Waals surface area contributed by atoms with E-state index >= 15 is 0 Å². The summed E-state index contributed by atoms with van der Waals surface area (Å²) in [6.45, 7) is -0.227. The van der Waals surface area contributed by atoms with E-state index in [1.807, 2.05) is 0 Å². The van der Waals surface area contributed by atoms with E-state index in [0.717, 1.165) is 30.7 Å². The minimum Gasteiger partial charge on any atom is -0.495 e. The molecule has 1 aromatic heterocycles. The van der Waals surface area contributed by atoms with Gasteiger partial charge in [0.05, 0.1) is 13.3 Å². The number of carbonyl (C=O) groups is 1. The molecule has 8 heteroatoms. The molecule has 1 saturated carbocycles. The number of hydrogen-bond donors (Lipinski definition) is 2. The molecule has 0 bridgehead atoms. The predicted molar refractivity (Wildman–Crippen MR) is 91.0 cm³/mol. The van der Waals surface area contributed by atoms with Crippen molar-refractivity contribution in [2.24, 2.45) is 0 Å². The maximum Gasteiger partial charge on any atom is 0.430 e. The van der Waals surface area contributed by atoms with E-state index in [9.17, 15) is 23.1 Å². The van der Waals surface area contributed by atoms with Gasteiger partial charge in [0, 0.05) is 29.3 Å². The van der Waals surface area contributed by atoms with E-state index in [0.29, 0.717) is 17.2 Å². The van der Waals surface area contributed by atoms with Crippen molar-refractivity contribution in [1.82, 2.24) is 10.3 Å². The van der Waals surface area contributed by atoms with Crippen LogP contribution in [-0.4, -0.2) is 29.3 Å². The average Bonchev–Trinajstić information content (AvgIpc) is 3.50. The number of halogens is 3. The molecule has 1 fully saturated rings. The quantitative estimate of drug-likeness (QED) is 0.808. The van der Waals surface area contributed by atoms with E-state index < -0.39 is 23.2 Å². The van der Waals surface area contributed by atoms with Gasteiger partial charge in [0.1, 0.15) is 5.75 Å². The number of methoxy groups -OCH3 is 1. The molecule has 1 atom stereocenters. The van der Waals surface area contributed by atoms with Crippen LogP contribution in [0.25, 0.3) is 0 Å². The van der Waals surface area contributed by atoms with Crippen molar-refractivity contribution in [3.8, 4) is 5.75 Å². The molecule has 1 heterocycles. The van der Waals surface area contributed by atoms with Gasteiger partial charge < -0.3 is 15.2 Å². The first-order valence-corrected chi connectivity index (χ1v) is 8.43. The highest BCUT2D eigenvalue weighted by atomic mass is 19.4. The van der Waals surface area contributed by atoms with Crippen molar-refractivity contribution in [1.29, 1.82) is 0 Å². The average molecular weight is 380 g/mol. The minimum absolute atomic E-state index is 0.227. The third-order valence-corrected chi connectivity index (χ3v) is 4.55. The summed E-state index contributed by atoms with van der Waals surface area (Å²) in [5.41, 5.74) is -2.88. The Labute approximate surface area is 154 Å². The first-order valence-electron chi connectivity index (χ1n) is 8.43. The minimum atomic E-state index is -5.18. The van der Waals surface area contributed by atoms with Crippen molar-refractivity contribution in [2.45, 2.75) is 37.1 Å². The van der Waals surface area contributed by atoms with Gasteiger partial charge in [-0.2, -0.15) is 13.2 Å². The van der Waals surface area contributed by atoms with Gasteiger partial charge >= 0.3 is 6.18 Å². The first kappa shape index (κ1) is 19.2. The lowest BCUT2D eigenvalue weighted by atomic mass is 9.92. The normalized spacial score (nSPS) is 16.5. The maximum absolute atomic E-state index is 13.5. The van der Waals surface area contributed by atoms with Crippen LogP contribution < -0.4 is 10.1 Å². The van der Waals surface area contributed by atoms with Gasteiger partial charge in [0.15, 0.2) is 0 Å². The van der Waals surface area contributed by atoms with Crippen LogP contribution in [-0.2, 0) is 16.9 Å². The maximum atomic E-state index is 13.5. The van der Waals surface area contributed by atoms with Crippen molar-refractivity contribution in [3.05, 3.63) is 59.4 Å². The molecule has 0 radical (unpaired) electrons. The van der Waals surface area contributed by atoms with Crippen molar-refractivity contribution in [3.63, 3.8) is 0 Å². The van der Waals surface area contributed by atoms with Gasteiger partial charge in [0.25, 0.3) is 11.5 Å². The van der Waals surface area contributed by atoms with E-state index in [2.05, 4.69) is 10.3 Å². The number of amides is 1. The van der Waals surface area contributed by atoms with Crippen LogP contribution >= 0.6 is 0 Å². The zero-order valence-electron chi connectivity index (χ0n) is 14.6. The molecule has 1 aliphatic rings. The molecule has 5 nitrogen and oxygen atoms in total. The van der Waals surface area contributed by atoms with Crippen molar-refractivity contribution in [2.75, 3.05) is 7.11 Å². The lowest BCUT2D eigenvalue weighted by molar-refractivity contribution is -0.257. The van der Waals surface area contributed by atoms with Gasteiger partial charge in [-0.1, -0.05) is 30.3 Å². The number of aliphatic hydroxyl groups is 1. The van der Waals surface area contributed by atoms with Crippen LogP contribution in [0.2, 0.25) is 0 Å². The summed E-state index contributed by atoms with van der Waals surface area (Å²) in [6, 6.07) is 7.99. The fourth-order valence-corrected chi connectivity index (χ4v) is 2.83. The van der Waals surface area contributed by atoms with Crippen LogP contribution in [0.5, 0.6) is 5.75 Å². The molecule has 144 valence electrons. The fraction of sp³-hybridized carbons (Fsp3) is 0.368. The number of rotatable bonds is 6. The van der Waals surface area contributed by atoms with Gasteiger partial charge in [-0.3, -0.25) is 9.78 Å². The molecule has 2 aromatic rings. The Morgan fingerprint density at radius 2 is 1.96 bits per heavy atom. The Balaban J connectivity index is 1.84. The van der Waals surface area contributed by atoms with Gasteiger partial charge in [-0.15, -0.1) is 0 Å². The van der Waals surface area contributed by atoms with Crippen molar-refractivity contribution >= 4 is 5.91 Å². The van der Waals surface area contributed by atoms with Crippen LogP contribution in [0.4, 0.5) is 13.2 Å². The molecule has 3 rings (SSSR count). The first-order chi connectivity index (χ1) is 12.8. The lowest BCUT2D eigenvalue weighted by Crippen LogP contribution is -2.54. The van der Waals surface area contributed by atoms with Crippen LogP contribution in [0.15, 0.2) is 42.6 Å². The summed E-state index contributed by atoms with van der Waals surface area (Å²) in [5, 5.41) is 12.5. The largest absolute Gasteiger partial charge is 0.495 e. The third kappa shape index (κ3) is 3.75. The van der Waals surface area contributed by atoms with E-state index in [1.54, 1.807) is 6.07 Å². The Kier molecular flexibility index (Phi) is 5.10. The number of ether oxygens (including phenoxy) is 1. The second-order valence-electron chi connectivity index (χ2n) is 6.45. The number of benzene rings is 1. The number of pyridine rings is 1. The number of nitrogens with zero attached hydrogens (tertiary/aromatic N) is 1. The van der Waals surface area contributed by atoms with E-state index in [4.69, 9.17) is 4.74 Å². The molecule has 27 heavy (non-hydrogen) atoms. The SMILES string of the molecule is COc1cnc(C2CC2)cc1CNC(=O)C(O)(c1ccccc1)C(F)(F)F. The third-order valence-electron chi connectivity index (χ3n) is 4.55.